The lowest BCUT2D eigenvalue weighted by atomic mass is 10.0. The monoisotopic (exact) mass is 654 g/mol. The minimum absolute atomic E-state index is 0.595. The fourth-order valence-corrected chi connectivity index (χ4v) is 7.53. The molecule has 0 aliphatic rings. The summed E-state index contributed by atoms with van der Waals surface area (Å²) < 4.78 is 15.3. The largest absolute Gasteiger partial charge is 0.456 e. The van der Waals surface area contributed by atoms with Crippen molar-refractivity contribution in [1.29, 1.82) is 0 Å². The third kappa shape index (κ3) is 4.26. The molecule has 0 spiro atoms. The first-order valence-electron chi connectivity index (χ1n) is 16.9. The Hall–Kier alpha value is -7.05. The molecule has 51 heavy (non-hydrogen) atoms. The van der Waals surface area contributed by atoms with Crippen LogP contribution in [0.4, 0.5) is 0 Å². The predicted molar refractivity (Wildman–Crippen MR) is 205 cm³/mol. The number of para-hydroxylation sites is 2. The van der Waals surface area contributed by atoms with Crippen LogP contribution in [-0.4, -0.2) is 19.5 Å². The van der Waals surface area contributed by atoms with Gasteiger partial charge in [0.2, 0.25) is 0 Å². The first-order valence-corrected chi connectivity index (χ1v) is 16.9. The summed E-state index contributed by atoms with van der Waals surface area (Å²) in [6.07, 6.45) is 0. The van der Waals surface area contributed by atoms with Crippen LogP contribution in [0, 0.1) is 0 Å². The number of rotatable bonds is 4. The number of fused-ring (bicyclic) bond motifs is 9. The van der Waals surface area contributed by atoms with Crippen LogP contribution in [0.25, 0.3) is 106 Å². The molecule has 0 atom stereocenters. The number of benzene rings is 7. The number of nitrogens with zero attached hydrogens (tertiary/aromatic N) is 4. The summed E-state index contributed by atoms with van der Waals surface area (Å²) in [7, 11) is 0. The molecule has 7 aromatic carbocycles. The zero-order valence-electron chi connectivity index (χ0n) is 27.1. The number of aromatic nitrogens is 4. The summed E-state index contributed by atoms with van der Waals surface area (Å²) in [5, 5.41) is 6.56. The zero-order valence-corrected chi connectivity index (χ0v) is 27.1. The smallest absolute Gasteiger partial charge is 0.164 e. The topological polar surface area (TPSA) is 69.9 Å². The molecule has 11 aromatic rings. The van der Waals surface area contributed by atoms with Crippen LogP contribution in [0.3, 0.4) is 0 Å². The van der Waals surface area contributed by atoms with Crippen LogP contribution in [0.5, 0.6) is 0 Å². The van der Waals surface area contributed by atoms with Crippen molar-refractivity contribution in [2.75, 3.05) is 0 Å². The van der Waals surface area contributed by atoms with E-state index in [1.54, 1.807) is 0 Å². The molecular weight excluding hydrogens is 629 g/mol. The van der Waals surface area contributed by atoms with Gasteiger partial charge in [-0.15, -0.1) is 0 Å². The second kappa shape index (κ2) is 10.7. The second-order valence-corrected chi connectivity index (χ2v) is 12.8. The van der Waals surface area contributed by atoms with Crippen molar-refractivity contribution < 1.29 is 8.83 Å². The van der Waals surface area contributed by atoms with Crippen molar-refractivity contribution in [3.63, 3.8) is 0 Å². The molecular formula is C45H26N4O2. The molecule has 0 amide bonds. The van der Waals surface area contributed by atoms with Crippen molar-refractivity contribution in [3.8, 4) is 39.9 Å². The van der Waals surface area contributed by atoms with Gasteiger partial charge in [-0.25, -0.2) is 15.0 Å². The van der Waals surface area contributed by atoms with E-state index in [0.29, 0.717) is 17.5 Å². The maximum absolute atomic E-state index is 6.61. The van der Waals surface area contributed by atoms with Crippen LogP contribution in [0.1, 0.15) is 0 Å². The average molecular weight is 655 g/mol. The fourth-order valence-electron chi connectivity index (χ4n) is 7.53. The van der Waals surface area contributed by atoms with Gasteiger partial charge >= 0.3 is 0 Å². The van der Waals surface area contributed by atoms with Crippen molar-refractivity contribution in [2.45, 2.75) is 0 Å². The maximum atomic E-state index is 6.61. The molecule has 4 aromatic heterocycles. The van der Waals surface area contributed by atoms with E-state index in [1.807, 2.05) is 84.9 Å². The molecule has 0 saturated heterocycles. The van der Waals surface area contributed by atoms with Gasteiger partial charge in [0.25, 0.3) is 0 Å². The molecule has 6 nitrogen and oxygen atoms in total. The Labute approximate surface area is 290 Å². The van der Waals surface area contributed by atoms with Gasteiger partial charge in [-0.1, -0.05) is 109 Å². The molecule has 11 rings (SSSR count). The highest BCUT2D eigenvalue weighted by molar-refractivity contribution is 6.18. The zero-order chi connectivity index (χ0) is 33.5. The van der Waals surface area contributed by atoms with Gasteiger partial charge in [0.05, 0.1) is 11.0 Å². The quantitative estimate of drug-likeness (QED) is 0.189. The van der Waals surface area contributed by atoms with Crippen LogP contribution < -0.4 is 0 Å². The van der Waals surface area contributed by atoms with E-state index in [4.69, 9.17) is 23.8 Å². The minimum Gasteiger partial charge on any atom is -0.456 e. The molecule has 0 aliphatic carbocycles. The Bertz CT molecular complexity index is 3080. The molecule has 0 saturated carbocycles. The van der Waals surface area contributed by atoms with E-state index < -0.39 is 0 Å². The highest BCUT2D eigenvalue weighted by atomic mass is 16.3. The highest BCUT2D eigenvalue weighted by Crippen LogP contribution is 2.41. The van der Waals surface area contributed by atoms with Gasteiger partial charge in [-0.05, 0) is 36.4 Å². The summed E-state index contributed by atoms with van der Waals surface area (Å²) in [6, 6.07) is 53.8. The summed E-state index contributed by atoms with van der Waals surface area (Å²) in [5.74, 6) is 1.84. The summed E-state index contributed by atoms with van der Waals surface area (Å²) >= 11 is 0. The minimum atomic E-state index is 0.595. The van der Waals surface area contributed by atoms with Crippen LogP contribution in [0.15, 0.2) is 167 Å². The molecule has 0 fully saturated rings. The predicted octanol–water partition coefficient (Wildman–Crippen LogP) is 11.8. The number of furan rings is 2. The fraction of sp³-hybridized carbons (Fsp3) is 0. The molecule has 0 aliphatic heterocycles. The first kappa shape index (κ1) is 27.9. The van der Waals surface area contributed by atoms with Crippen molar-refractivity contribution >= 4 is 65.7 Å². The number of hydrogen-bond acceptors (Lipinski definition) is 5. The Kier molecular flexibility index (Phi) is 5.86. The second-order valence-electron chi connectivity index (χ2n) is 12.8. The van der Waals surface area contributed by atoms with Gasteiger partial charge in [0, 0.05) is 66.8 Å². The van der Waals surface area contributed by atoms with E-state index in [9.17, 15) is 0 Å². The van der Waals surface area contributed by atoms with Gasteiger partial charge < -0.3 is 13.4 Å². The summed E-state index contributed by atoms with van der Waals surface area (Å²) in [6.45, 7) is 0. The van der Waals surface area contributed by atoms with E-state index in [0.717, 1.165) is 77.3 Å². The lowest BCUT2D eigenvalue weighted by Gasteiger charge is -2.09. The van der Waals surface area contributed by atoms with E-state index in [2.05, 4.69) is 77.4 Å². The Morgan fingerprint density at radius 3 is 1.78 bits per heavy atom. The third-order valence-electron chi connectivity index (χ3n) is 9.85. The summed E-state index contributed by atoms with van der Waals surface area (Å²) in [4.78, 5) is 14.9. The molecule has 238 valence electrons. The van der Waals surface area contributed by atoms with Crippen molar-refractivity contribution in [1.82, 2.24) is 19.5 Å². The van der Waals surface area contributed by atoms with Crippen LogP contribution in [-0.2, 0) is 0 Å². The standard InChI is InChI=1S/C45H26N4O2/c1-3-12-27(13-4-1)43-46-44(28-14-5-2-6-15-28)48-45(47-43)33-18-11-21-39-42(33)32-23-22-29(24-40(32)51-39)49-36-19-9-7-16-30(36)34-25-35-31-17-8-10-20-38(31)50-41(35)26-37(34)49/h1-26H. The average Bonchev–Trinajstić information content (AvgIpc) is 3.86. The molecule has 6 heteroatoms. The SMILES string of the molecule is c1ccc(-c2nc(-c3ccccc3)nc(-c3cccc4oc5cc(-n6c7ccccc7c7cc8c(cc76)oc6ccccc68)ccc5c34)n2)cc1. The Balaban J connectivity index is 1.12. The molecule has 0 bridgehead atoms. The molecule has 4 heterocycles. The van der Waals surface area contributed by atoms with E-state index in [-0.39, 0.29) is 0 Å². The van der Waals surface area contributed by atoms with Crippen molar-refractivity contribution in [3.05, 3.63) is 158 Å². The molecule has 0 unspecified atom stereocenters. The normalized spacial score (nSPS) is 11.9. The lowest BCUT2D eigenvalue weighted by Crippen LogP contribution is -2.00. The van der Waals surface area contributed by atoms with Crippen LogP contribution >= 0.6 is 0 Å². The third-order valence-corrected chi connectivity index (χ3v) is 9.85. The lowest BCUT2D eigenvalue weighted by molar-refractivity contribution is 0.668. The van der Waals surface area contributed by atoms with Gasteiger partial charge in [-0.3, -0.25) is 0 Å². The first-order chi connectivity index (χ1) is 25.3. The number of hydrogen-bond donors (Lipinski definition) is 0. The van der Waals surface area contributed by atoms with E-state index >= 15 is 0 Å². The van der Waals surface area contributed by atoms with Crippen LogP contribution in [0.2, 0.25) is 0 Å². The molecule has 0 N–H and O–H groups in total. The van der Waals surface area contributed by atoms with Crippen molar-refractivity contribution in [2.24, 2.45) is 0 Å². The summed E-state index contributed by atoms with van der Waals surface area (Å²) in [5.41, 5.74) is 9.25. The Morgan fingerprint density at radius 2 is 1.00 bits per heavy atom. The maximum Gasteiger partial charge on any atom is 0.164 e. The highest BCUT2D eigenvalue weighted by Gasteiger charge is 2.20. The van der Waals surface area contributed by atoms with Gasteiger partial charge in [0.1, 0.15) is 22.3 Å². The van der Waals surface area contributed by atoms with E-state index in [1.165, 1.54) is 10.8 Å². The Morgan fingerprint density at radius 1 is 0.373 bits per heavy atom. The van der Waals surface area contributed by atoms with Gasteiger partial charge in [0.15, 0.2) is 17.5 Å². The molecule has 0 radical (unpaired) electrons. The van der Waals surface area contributed by atoms with Gasteiger partial charge in [-0.2, -0.15) is 0 Å².